The highest BCUT2D eigenvalue weighted by Crippen LogP contribution is 2.24. The first-order valence-electron chi connectivity index (χ1n) is 5.10. The van der Waals surface area contributed by atoms with Gasteiger partial charge in [0.15, 0.2) is 0 Å². The zero-order valence-electron chi connectivity index (χ0n) is 8.56. The number of nitrogens with one attached hydrogen (secondary N) is 2. The summed E-state index contributed by atoms with van der Waals surface area (Å²) < 4.78 is 0. The Morgan fingerprint density at radius 2 is 2.15 bits per heavy atom. The van der Waals surface area contributed by atoms with E-state index >= 15 is 0 Å². The molecule has 13 heavy (non-hydrogen) atoms. The Morgan fingerprint density at radius 3 is 2.62 bits per heavy atom. The zero-order chi connectivity index (χ0) is 9.73. The van der Waals surface area contributed by atoms with Crippen LogP contribution < -0.4 is 10.6 Å². The molecule has 0 bridgehead atoms. The van der Waals surface area contributed by atoms with E-state index in [2.05, 4.69) is 23.6 Å². The minimum absolute atomic E-state index is 0.323. The maximum absolute atomic E-state index is 9.14. The predicted molar refractivity (Wildman–Crippen MR) is 53.3 cm³/mol. The van der Waals surface area contributed by atoms with Crippen molar-refractivity contribution in [3.05, 3.63) is 0 Å². The number of nitriles is 1. The van der Waals surface area contributed by atoms with Gasteiger partial charge in [0.1, 0.15) is 5.54 Å². The Bertz CT molecular complexity index is 191. The van der Waals surface area contributed by atoms with Crippen LogP contribution in [0.4, 0.5) is 0 Å². The molecule has 1 aliphatic heterocycles. The van der Waals surface area contributed by atoms with Crippen molar-refractivity contribution in [1.82, 2.24) is 10.6 Å². The molecule has 3 heteroatoms. The van der Waals surface area contributed by atoms with Crippen molar-refractivity contribution in [2.75, 3.05) is 19.6 Å². The molecule has 74 valence electrons. The number of rotatable bonds is 3. The van der Waals surface area contributed by atoms with Gasteiger partial charge in [0.2, 0.25) is 0 Å². The Kier molecular flexibility index (Phi) is 3.71. The fourth-order valence-electron chi connectivity index (χ4n) is 2.04. The van der Waals surface area contributed by atoms with Crippen molar-refractivity contribution in [2.24, 2.45) is 5.92 Å². The lowest BCUT2D eigenvalue weighted by molar-refractivity contribution is 0.240. The second-order valence-corrected chi connectivity index (χ2v) is 3.87. The molecule has 0 aromatic rings. The maximum atomic E-state index is 9.14. The van der Waals surface area contributed by atoms with Crippen molar-refractivity contribution in [3.8, 4) is 6.07 Å². The van der Waals surface area contributed by atoms with Crippen LogP contribution in [-0.2, 0) is 0 Å². The zero-order valence-corrected chi connectivity index (χ0v) is 8.56. The van der Waals surface area contributed by atoms with Crippen LogP contribution in [0.5, 0.6) is 0 Å². The summed E-state index contributed by atoms with van der Waals surface area (Å²) in [5.74, 6) is 0.499. The Balaban J connectivity index is 2.58. The van der Waals surface area contributed by atoms with Gasteiger partial charge in [-0.2, -0.15) is 5.26 Å². The second kappa shape index (κ2) is 4.59. The van der Waals surface area contributed by atoms with E-state index in [4.69, 9.17) is 5.26 Å². The monoisotopic (exact) mass is 181 g/mol. The Morgan fingerprint density at radius 1 is 1.54 bits per heavy atom. The summed E-state index contributed by atoms with van der Waals surface area (Å²) >= 11 is 0. The standard InChI is InChI=1S/C10H19N3/c1-3-13-10(2,8-11)9-4-6-12-7-5-9/h9,12-13H,3-7H2,1-2H3. The molecule has 2 N–H and O–H groups in total. The first-order valence-corrected chi connectivity index (χ1v) is 5.10. The van der Waals surface area contributed by atoms with Gasteiger partial charge in [-0.05, 0) is 45.3 Å². The molecule has 1 aliphatic rings. The summed E-state index contributed by atoms with van der Waals surface area (Å²) in [6.45, 7) is 7.04. The van der Waals surface area contributed by atoms with Crippen LogP contribution in [0, 0.1) is 17.2 Å². The second-order valence-electron chi connectivity index (χ2n) is 3.87. The number of nitrogens with zero attached hydrogens (tertiary/aromatic N) is 1. The van der Waals surface area contributed by atoms with Gasteiger partial charge in [-0.25, -0.2) is 0 Å². The average molecular weight is 181 g/mol. The summed E-state index contributed by atoms with van der Waals surface area (Å²) in [5.41, 5.74) is -0.323. The van der Waals surface area contributed by atoms with Crippen LogP contribution in [0.1, 0.15) is 26.7 Å². The summed E-state index contributed by atoms with van der Waals surface area (Å²) in [7, 11) is 0. The third-order valence-electron chi connectivity index (χ3n) is 2.93. The smallest absolute Gasteiger partial charge is 0.106 e. The van der Waals surface area contributed by atoms with E-state index in [1.54, 1.807) is 0 Å². The quantitative estimate of drug-likeness (QED) is 0.679. The SMILES string of the molecule is CCNC(C)(C#N)C1CCNCC1. The summed E-state index contributed by atoms with van der Waals surface area (Å²) in [6, 6.07) is 2.41. The first-order chi connectivity index (χ1) is 6.23. The molecule has 0 saturated carbocycles. The maximum Gasteiger partial charge on any atom is 0.106 e. The minimum Gasteiger partial charge on any atom is -0.317 e. The fraction of sp³-hybridized carbons (Fsp3) is 0.900. The van der Waals surface area contributed by atoms with E-state index in [-0.39, 0.29) is 5.54 Å². The number of hydrogen-bond donors (Lipinski definition) is 2. The number of piperidine rings is 1. The summed E-state index contributed by atoms with van der Waals surface area (Å²) in [6.07, 6.45) is 2.22. The van der Waals surface area contributed by atoms with E-state index < -0.39 is 0 Å². The van der Waals surface area contributed by atoms with Crippen molar-refractivity contribution in [2.45, 2.75) is 32.2 Å². The summed E-state index contributed by atoms with van der Waals surface area (Å²) in [4.78, 5) is 0. The molecule has 1 unspecified atom stereocenters. The van der Waals surface area contributed by atoms with Crippen LogP contribution in [0.15, 0.2) is 0 Å². The third kappa shape index (κ3) is 2.43. The molecule has 1 heterocycles. The Hall–Kier alpha value is -0.590. The summed E-state index contributed by atoms with van der Waals surface area (Å²) in [5, 5.41) is 15.7. The van der Waals surface area contributed by atoms with Crippen LogP contribution in [0.3, 0.4) is 0 Å². The lowest BCUT2D eigenvalue weighted by atomic mass is 9.80. The molecule has 0 aromatic carbocycles. The molecule has 0 aliphatic carbocycles. The molecule has 0 aromatic heterocycles. The van der Waals surface area contributed by atoms with Gasteiger partial charge in [0.05, 0.1) is 6.07 Å². The van der Waals surface area contributed by atoms with Crippen LogP contribution in [0.2, 0.25) is 0 Å². The van der Waals surface area contributed by atoms with E-state index in [0.717, 1.165) is 32.5 Å². The first kappa shape index (κ1) is 10.5. The third-order valence-corrected chi connectivity index (χ3v) is 2.93. The normalized spacial score (nSPS) is 23.5. The van der Waals surface area contributed by atoms with Crippen molar-refractivity contribution < 1.29 is 0 Å². The Labute approximate surface area is 80.5 Å². The average Bonchev–Trinajstić information content (AvgIpc) is 2.19. The lowest BCUT2D eigenvalue weighted by Gasteiger charge is -2.35. The predicted octanol–water partition coefficient (Wildman–Crippen LogP) is 0.878. The molecule has 1 fully saturated rings. The highest BCUT2D eigenvalue weighted by molar-refractivity contribution is 5.08. The molecule has 0 spiro atoms. The van der Waals surface area contributed by atoms with Gasteiger partial charge < -0.3 is 5.32 Å². The van der Waals surface area contributed by atoms with Crippen molar-refractivity contribution >= 4 is 0 Å². The van der Waals surface area contributed by atoms with E-state index in [1.807, 2.05) is 6.92 Å². The van der Waals surface area contributed by atoms with Crippen LogP contribution >= 0.6 is 0 Å². The van der Waals surface area contributed by atoms with Crippen LogP contribution in [0.25, 0.3) is 0 Å². The highest BCUT2D eigenvalue weighted by Gasteiger charge is 2.33. The number of hydrogen-bond acceptors (Lipinski definition) is 3. The molecular weight excluding hydrogens is 162 g/mol. The van der Waals surface area contributed by atoms with Crippen molar-refractivity contribution in [1.29, 1.82) is 5.26 Å². The molecule has 1 rings (SSSR count). The molecule has 1 atom stereocenters. The minimum atomic E-state index is -0.323. The van der Waals surface area contributed by atoms with Gasteiger partial charge in [-0.15, -0.1) is 0 Å². The molecule has 3 nitrogen and oxygen atoms in total. The van der Waals surface area contributed by atoms with Crippen molar-refractivity contribution in [3.63, 3.8) is 0 Å². The molecule has 1 saturated heterocycles. The van der Waals surface area contributed by atoms with Gasteiger partial charge in [-0.3, -0.25) is 5.32 Å². The lowest BCUT2D eigenvalue weighted by Crippen LogP contribution is -2.50. The van der Waals surface area contributed by atoms with E-state index in [0.29, 0.717) is 5.92 Å². The largest absolute Gasteiger partial charge is 0.317 e. The fourth-order valence-corrected chi connectivity index (χ4v) is 2.04. The van der Waals surface area contributed by atoms with Gasteiger partial charge in [0.25, 0.3) is 0 Å². The highest BCUT2D eigenvalue weighted by atomic mass is 15.0. The molecule has 0 amide bonds. The molecule has 0 radical (unpaired) electrons. The van der Waals surface area contributed by atoms with Gasteiger partial charge >= 0.3 is 0 Å². The van der Waals surface area contributed by atoms with Crippen LogP contribution in [-0.4, -0.2) is 25.2 Å². The topological polar surface area (TPSA) is 47.9 Å². The van der Waals surface area contributed by atoms with E-state index in [1.165, 1.54) is 0 Å². The molecular formula is C10H19N3. The van der Waals surface area contributed by atoms with Gasteiger partial charge in [-0.1, -0.05) is 6.92 Å². The van der Waals surface area contributed by atoms with E-state index in [9.17, 15) is 0 Å². The van der Waals surface area contributed by atoms with Gasteiger partial charge in [0, 0.05) is 0 Å².